The fourth-order valence-electron chi connectivity index (χ4n) is 4.90. The summed E-state index contributed by atoms with van der Waals surface area (Å²) in [5.74, 6) is -1.08. The van der Waals surface area contributed by atoms with Crippen LogP contribution in [0.15, 0.2) is 59.5 Å². The minimum atomic E-state index is -3.95. The summed E-state index contributed by atoms with van der Waals surface area (Å²) in [6, 6.07) is 13.4. The van der Waals surface area contributed by atoms with E-state index in [2.05, 4.69) is 5.32 Å². The molecule has 40 heavy (non-hydrogen) atoms. The van der Waals surface area contributed by atoms with Crippen molar-refractivity contribution < 1.29 is 31.9 Å². The smallest absolute Gasteiger partial charge is 0.325 e. The van der Waals surface area contributed by atoms with Crippen LogP contribution in [0.1, 0.15) is 12.5 Å². The summed E-state index contributed by atoms with van der Waals surface area (Å²) in [5, 5.41) is 4.16. The highest BCUT2D eigenvalue weighted by molar-refractivity contribution is 7.89. The van der Waals surface area contributed by atoms with Crippen LogP contribution in [0.25, 0.3) is 10.8 Å². The van der Waals surface area contributed by atoms with Crippen LogP contribution in [0, 0.1) is 5.82 Å². The number of urea groups is 1. The first-order valence-corrected chi connectivity index (χ1v) is 14.2. The number of halogens is 2. The Balaban J connectivity index is 1.25. The van der Waals surface area contributed by atoms with E-state index in [1.165, 1.54) is 9.21 Å². The molecule has 0 aliphatic carbocycles. The number of methoxy groups -OCH3 is 1. The number of piperazine rings is 1. The number of carbonyl (C=O) groups is 3. The number of amides is 4. The highest BCUT2D eigenvalue weighted by Crippen LogP contribution is 2.32. The molecule has 210 valence electrons. The fraction of sp³-hybridized carbons (Fsp3) is 0.296. The second kappa shape index (κ2) is 10.3. The van der Waals surface area contributed by atoms with Crippen LogP contribution in [0.2, 0.25) is 5.02 Å². The van der Waals surface area contributed by atoms with Crippen molar-refractivity contribution in [2.45, 2.75) is 17.4 Å². The van der Waals surface area contributed by atoms with Gasteiger partial charge in [0.15, 0.2) is 0 Å². The Kier molecular flexibility index (Phi) is 7.19. The lowest BCUT2D eigenvalue weighted by Gasteiger charge is -2.34. The first kappa shape index (κ1) is 27.8. The number of sulfonamides is 1. The van der Waals surface area contributed by atoms with Gasteiger partial charge in [-0.25, -0.2) is 17.6 Å². The van der Waals surface area contributed by atoms with E-state index < -0.39 is 45.8 Å². The van der Waals surface area contributed by atoms with Gasteiger partial charge in [-0.15, -0.1) is 0 Å². The lowest BCUT2D eigenvalue weighted by atomic mass is 9.90. The third-order valence-electron chi connectivity index (χ3n) is 7.31. The van der Waals surface area contributed by atoms with E-state index in [4.69, 9.17) is 16.3 Å². The maximum Gasteiger partial charge on any atom is 0.325 e. The van der Waals surface area contributed by atoms with E-state index in [1.54, 1.807) is 26.2 Å². The van der Waals surface area contributed by atoms with Crippen LogP contribution in [0.4, 0.5) is 9.18 Å². The van der Waals surface area contributed by atoms with Gasteiger partial charge in [0.05, 0.1) is 17.0 Å². The van der Waals surface area contributed by atoms with E-state index in [0.717, 1.165) is 33.9 Å². The molecule has 0 spiro atoms. The van der Waals surface area contributed by atoms with Crippen molar-refractivity contribution in [2.24, 2.45) is 0 Å². The maximum atomic E-state index is 13.5. The van der Waals surface area contributed by atoms with Gasteiger partial charge in [-0.2, -0.15) is 4.31 Å². The Labute approximate surface area is 235 Å². The molecule has 4 amide bonds. The van der Waals surface area contributed by atoms with Crippen molar-refractivity contribution in [2.75, 3.05) is 39.8 Å². The van der Waals surface area contributed by atoms with Crippen molar-refractivity contribution in [3.63, 3.8) is 0 Å². The molecule has 0 bridgehead atoms. The van der Waals surface area contributed by atoms with Gasteiger partial charge in [-0.3, -0.25) is 14.5 Å². The number of nitrogens with zero attached hydrogens (tertiary/aromatic N) is 3. The molecule has 3 aromatic carbocycles. The summed E-state index contributed by atoms with van der Waals surface area (Å²) in [5.41, 5.74) is -0.799. The number of nitrogens with one attached hydrogen (secondary N) is 1. The van der Waals surface area contributed by atoms with Crippen molar-refractivity contribution >= 4 is 50.2 Å². The number of hydrogen-bond donors (Lipinski definition) is 1. The molecule has 0 aromatic heterocycles. The second-order valence-corrected chi connectivity index (χ2v) is 12.1. The zero-order valence-corrected chi connectivity index (χ0v) is 23.3. The molecule has 1 N–H and O–H groups in total. The molecule has 2 saturated heterocycles. The number of ether oxygens (including phenoxy) is 1. The Bertz CT molecular complexity index is 1640. The molecular weight excluding hydrogens is 563 g/mol. The molecule has 2 heterocycles. The molecule has 0 saturated carbocycles. The van der Waals surface area contributed by atoms with Crippen LogP contribution < -0.4 is 10.1 Å². The highest BCUT2D eigenvalue weighted by Gasteiger charge is 2.50. The summed E-state index contributed by atoms with van der Waals surface area (Å²) in [6.07, 6.45) is 0. The lowest BCUT2D eigenvalue weighted by Crippen LogP contribution is -2.53. The van der Waals surface area contributed by atoms with Crippen molar-refractivity contribution in [1.29, 1.82) is 0 Å². The molecule has 3 aromatic rings. The van der Waals surface area contributed by atoms with Gasteiger partial charge < -0.3 is 15.0 Å². The summed E-state index contributed by atoms with van der Waals surface area (Å²) >= 11 is 5.74. The second-order valence-electron chi connectivity index (χ2n) is 9.74. The number of benzene rings is 3. The predicted octanol–water partition coefficient (Wildman–Crippen LogP) is 2.94. The van der Waals surface area contributed by atoms with Gasteiger partial charge >= 0.3 is 6.03 Å². The maximum absolute atomic E-state index is 13.5. The van der Waals surface area contributed by atoms with E-state index >= 15 is 0 Å². The zero-order chi connectivity index (χ0) is 28.8. The third-order valence-corrected chi connectivity index (χ3v) is 9.50. The fourth-order valence-corrected chi connectivity index (χ4v) is 6.59. The summed E-state index contributed by atoms with van der Waals surface area (Å²) in [7, 11) is -2.37. The normalized spacial score (nSPS) is 20.2. The van der Waals surface area contributed by atoms with Gasteiger partial charge in [0.25, 0.3) is 5.91 Å². The molecule has 2 fully saturated rings. The molecule has 1 atom stereocenters. The van der Waals surface area contributed by atoms with E-state index in [0.29, 0.717) is 11.3 Å². The third kappa shape index (κ3) is 4.87. The van der Waals surface area contributed by atoms with Crippen LogP contribution in [0.5, 0.6) is 5.75 Å². The van der Waals surface area contributed by atoms with Gasteiger partial charge in [-0.05, 0) is 59.7 Å². The summed E-state index contributed by atoms with van der Waals surface area (Å²) < 4.78 is 45.8. The Morgan fingerprint density at radius 1 is 1.02 bits per heavy atom. The molecule has 10 nitrogen and oxygen atoms in total. The molecule has 2 aliphatic rings. The summed E-state index contributed by atoms with van der Waals surface area (Å²) in [6.45, 7) is 1.20. The van der Waals surface area contributed by atoms with E-state index in [-0.39, 0.29) is 36.1 Å². The van der Waals surface area contributed by atoms with Crippen LogP contribution >= 0.6 is 11.6 Å². The standard InChI is InChI=1S/C27H26ClFN4O6S/c1-27(19-5-3-18-14-20(39-2)6-4-17(18)13-19)25(35)33(26(36)30-27)16-24(34)31-9-11-32(12-10-31)40(37,38)21-7-8-23(29)22(28)15-21/h3-8,13-15H,9-12,16H2,1-2H3,(H,30,36)/t27-/m0/s1. The van der Waals surface area contributed by atoms with Gasteiger partial charge in [0.2, 0.25) is 15.9 Å². The van der Waals surface area contributed by atoms with Gasteiger partial charge in [0, 0.05) is 26.2 Å². The van der Waals surface area contributed by atoms with Crippen molar-refractivity contribution in [1.82, 2.24) is 19.4 Å². The van der Waals surface area contributed by atoms with E-state index in [9.17, 15) is 27.2 Å². The van der Waals surface area contributed by atoms with Crippen LogP contribution in [-0.2, 0) is 25.2 Å². The zero-order valence-electron chi connectivity index (χ0n) is 21.7. The highest BCUT2D eigenvalue weighted by atomic mass is 35.5. The minimum absolute atomic E-state index is 0.0111. The largest absolute Gasteiger partial charge is 0.497 e. The Hall–Kier alpha value is -3.74. The molecule has 5 rings (SSSR count). The number of fused-ring (bicyclic) bond motifs is 1. The number of rotatable bonds is 6. The molecule has 2 aliphatic heterocycles. The minimum Gasteiger partial charge on any atom is -0.497 e. The number of carbonyl (C=O) groups excluding carboxylic acids is 3. The SMILES string of the molecule is COc1ccc2cc([C@]3(C)NC(=O)N(CC(=O)N4CCN(S(=O)(=O)c5ccc(F)c(Cl)c5)CC4)C3=O)ccc2c1. The number of imide groups is 1. The lowest BCUT2D eigenvalue weighted by molar-refractivity contribution is -0.139. The van der Waals surface area contributed by atoms with E-state index in [1.807, 2.05) is 24.3 Å². The monoisotopic (exact) mass is 588 g/mol. The predicted molar refractivity (Wildman–Crippen MR) is 145 cm³/mol. The van der Waals surface area contributed by atoms with Crippen molar-refractivity contribution in [3.8, 4) is 5.75 Å². The molecule has 13 heteroatoms. The summed E-state index contributed by atoms with van der Waals surface area (Å²) in [4.78, 5) is 41.4. The van der Waals surface area contributed by atoms with Crippen molar-refractivity contribution in [3.05, 3.63) is 71.0 Å². The molecule has 0 radical (unpaired) electrons. The molecular formula is C27H26ClFN4O6S. The van der Waals surface area contributed by atoms with Crippen LogP contribution in [0.3, 0.4) is 0 Å². The quantitative estimate of drug-likeness (QED) is 0.443. The first-order valence-electron chi connectivity index (χ1n) is 12.4. The van der Waals surface area contributed by atoms with Gasteiger partial charge in [0.1, 0.15) is 23.7 Å². The average Bonchev–Trinajstić information content (AvgIpc) is 3.17. The molecule has 0 unspecified atom stereocenters. The Morgan fingerprint density at radius 3 is 2.38 bits per heavy atom. The van der Waals surface area contributed by atoms with Gasteiger partial charge in [-0.1, -0.05) is 29.8 Å². The van der Waals surface area contributed by atoms with Crippen LogP contribution in [-0.4, -0.2) is 80.2 Å². The first-order chi connectivity index (χ1) is 18.9. The topological polar surface area (TPSA) is 116 Å². The number of hydrogen-bond acceptors (Lipinski definition) is 6. The Morgan fingerprint density at radius 2 is 1.70 bits per heavy atom. The average molecular weight is 589 g/mol.